The lowest BCUT2D eigenvalue weighted by Gasteiger charge is -2.29. The van der Waals surface area contributed by atoms with Crippen LogP contribution in [0.4, 0.5) is 22.0 Å². The zero-order chi connectivity index (χ0) is 21.9. The van der Waals surface area contributed by atoms with Crippen molar-refractivity contribution in [2.24, 2.45) is 0 Å². The number of unbranched alkanes of at least 4 members (excludes halogenated alkanes) is 1. The molecule has 0 fully saturated rings. The second-order valence-corrected chi connectivity index (χ2v) is 9.17. The Kier molecular flexibility index (Phi) is 11.7. The summed E-state index contributed by atoms with van der Waals surface area (Å²) in [7, 11) is -2.91. The van der Waals surface area contributed by atoms with E-state index in [1.165, 1.54) is 0 Å². The largest absolute Gasteiger partial charge is 0.500 e. The Bertz CT molecular complexity index is 582. The molecule has 1 aromatic rings. The van der Waals surface area contributed by atoms with Crippen molar-refractivity contribution in [3.63, 3.8) is 0 Å². The summed E-state index contributed by atoms with van der Waals surface area (Å²) >= 11 is 0. The van der Waals surface area contributed by atoms with Crippen molar-refractivity contribution >= 4 is 8.80 Å². The molecule has 0 radical (unpaired) electrons. The Morgan fingerprint density at radius 1 is 0.586 bits per heavy atom. The normalized spacial score (nSPS) is 11.9. The fourth-order valence-corrected chi connectivity index (χ4v) is 5.35. The average molecular weight is 445 g/mol. The van der Waals surface area contributed by atoms with Crippen LogP contribution in [0, 0.1) is 29.1 Å². The van der Waals surface area contributed by atoms with E-state index in [-0.39, 0.29) is 6.61 Å². The van der Waals surface area contributed by atoms with Crippen molar-refractivity contribution in [2.45, 2.75) is 58.9 Å². The maximum Gasteiger partial charge on any atom is 0.500 e. The fourth-order valence-electron chi connectivity index (χ4n) is 2.44. The molecule has 0 saturated carbocycles. The molecular formula is C19H29F5O4Si. The third kappa shape index (κ3) is 7.51. The number of hydrogen-bond donors (Lipinski definition) is 0. The topological polar surface area (TPSA) is 36.9 Å². The smallest absolute Gasteiger partial charge is 0.487 e. The van der Waals surface area contributed by atoms with E-state index in [2.05, 4.69) is 0 Å². The van der Waals surface area contributed by atoms with Gasteiger partial charge < -0.3 is 18.0 Å². The molecule has 0 aliphatic rings. The lowest BCUT2D eigenvalue weighted by atomic mass is 10.2. The monoisotopic (exact) mass is 444 g/mol. The van der Waals surface area contributed by atoms with Crippen LogP contribution >= 0.6 is 0 Å². The first-order chi connectivity index (χ1) is 13.8. The standard InChI is InChI=1S/C19H29F5O4Si/c1-4-9-26-29(27-10-5-2,28-11-6-3)13-8-7-12-25-19-17(23)15(21)14(20)16(22)18(19)24/h4-13H2,1-3H3. The molecule has 10 heteroatoms. The maximum absolute atomic E-state index is 13.6. The number of hydrogen-bond acceptors (Lipinski definition) is 4. The molecule has 0 spiro atoms. The van der Waals surface area contributed by atoms with E-state index >= 15 is 0 Å². The van der Waals surface area contributed by atoms with Crippen molar-refractivity contribution in [3.8, 4) is 5.75 Å². The molecule has 0 heterocycles. The van der Waals surface area contributed by atoms with Crippen LogP contribution in [0.25, 0.3) is 0 Å². The molecule has 4 nitrogen and oxygen atoms in total. The van der Waals surface area contributed by atoms with Crippen LogP contribution in [0.1, 0.15) is 52.9 Å². The minimum atomic E-state index is -2.91. The summed E-state index contributed by atoms with van der Waals surface area (Å²) in [6.45, 7) is 7.14. The van der Waals surface area contributed by atoms with Crippen molar-refractivity contribution in [1.82, 2.24) is 0 Å². The molecule has 0 aliphatic carbocycles. The quantitative estimate of drug-likeness (QED) is 0.113. The molecule has 0 aromatic heterocycles. The van der Waals surface area contributed by atoms with Gasteiger partial charge in [-0.3, -0.25) is 0 Å². The maximum atomic E-state index is 13.6. The Morgan fingerprint density at radius 3 is 1.41 bits per heavy atom. The van der Waals surface area contributed by atoms with Gasteiger partial charge in [0.15, 0.2) is 5.75 Å². The van der Waals surface area contributed by atoms with Crippen molar-refractivity contribution in [3.05, 3.63) is 29.1 Å². The summed E-state index contributed by atoms with van der Waals surface area (Å²) in [6.07, 6.45) is 3.17. The van der Waals surface area contributed by atoms with Gasteiger partial charge in [0.25, 0.3) is 0 Å². The van der Waals surface area contributed by atoms with E-state index in [0.717, 1.165) is 19.3 Å². The van der Waals surface area contributed by atoms with Crippen LogP contribution in [0.5, 0.6) is 5.75 Å². The third-order valence-corrected chi connectivity index (χ3v) is 6.77. The Labute approximate surface area is 169 Å². The van der Waals surface area contributed by atoms with E-state index in [9.17, 15) is 22.0 Å². The molecule has 0 N–H and O–H groups in total. The van der Waals surface area contributed by atoms with Gasteiger partial charge in [-0.15, -0.1) is 0 Å². The highest BCUT2D eigenvalue weighted by molar-refractivity contribution is 6.60. The van der Waals surface area contributed by atoms with Gasteiger partial charge >= 0.3 is 8.80 Å². The van der Waals surface area contributed by atoms with E-state index in [0.29, 0.717) is 38.7 Å². The average Bonchev–Trinajstić information content (AvgIpc) is 2.73. The first-order valence-corrected chi connectivity index (χ1v) is 11.8. The summed E-state index contributed by atoms with van der Waals surface area (Å²) in [5.74, 6) is -11.5. The molecule has 0 atom stereocenters. The molecule has 1 aromatic carbocycles. The Hall–Kier alpha value is -1.23. The molecule has 1 rings (SSSR count). The minimum absolute atomic E-state index is 0.224. The van der Waals surface area contributed by atoms with E-state index in [4.69, 9.17) is 18.0 Å². The highest BCUT2D eigenvalue weighted by Crippen LogP contribution is 2.29. The van der Waals surface area contributed by atoms with Gasteiger partial charge in [0, 0.05) is 25.9 Å². The molecule has 0 aliphatic heterocycles. The summed E-state index contributed by atoms with van der Waals surface area (Å²) in [5.41, 5.74) is 0. The lowest BCUT2D eigenvalue weighted by Crippen LogP contribution is -2.46. The zero-order valence-electron chi connectivity index (χ0n) is 17.1. The Balaban J connectivity index is 2.69. The lowest BCUT2D eigenvalue weighted by molar-refractivity contribution is 0.0584. The Morgan fingerprint density at radius 2 is 1.00 bits per heavy atom. The van der Waals surface area contributed by atoms with Gasteiger partial charge in [0.05, 0.1) is 6.61 Å². The van der Waals surface area contributed by atoms with Crippen LogP contribution in [0.2, 0.25) is 6.04 Å². The zero-order valence-corrected chi connectivity index (χ0v) is 18.1. The summed E-state index contributed by atoms with van der Waals surface area (Å²) in [6, 6.07) is 0.466. The van der Waals surface area contributed by atoms with Crippen molar-refractivity contribution in [1.29, 1.82) is 0 Å². The summed E-state index contributed by atoms with van der Waals surface area (Å²) < 4.78 is 89.3. The first-order valence-electron chi connectivity index (χ1n) is 9.89. The highest BCUT2D eigenvalue weighted by atomic mass is 28.4. The molecule has 0 amide bonds. The van der Waals surface area contributed by atoms with E-state index < -0.39 is 43.6 Å². The van der Waals surface area contributed by atoms with Crippen LogP contribution < -0.4 is 4.74 Å². The van der Waals surface area contributed by atoms with Gasteiger partial charge in [0.1, 0.15) is 0 Å². The van der Waals surface area contributed by atoms with Crippen LogP contribution in [0.15, 0.2) is 0 Å². The van der Waals surface area contributed by atoms with Gasteiger partial charge in [0.2, 0.25) is 29.1 Å². The molecule has 0 bridgehead atoms. The molecule has 29 heavy (non-hydrogen) atoms. The SMILES string of the molecule is CCCO[Si](CCCCOc1c(F)c(F)c(F)c(F)c1F)(OCCC)OCCC. The number of halogens is 5. The fraction of sp³-hybridized carbons (Fsp3) is 0.684. The first kappa shape index (κ1) is 25.8. The molecule has 168 valence electrons. The van der Waals surface area contributed by atoms with Crippen molar-refractivity contribution in [2.75, 3.05) is 26.4 Å². The summed E-state index contributed by atoms with van der Waals surface area (Å²) in [4.78, 5) is 0. The molecule has 0 unspecified atom stereocenters. The number of benzene rings is 1. The third-order valence-electron chi connectivity index (χ3n) is 3.87. The highest BCUT2D eigenvalue weighted by Gasteiger charge is 2.40. The van der Waals surface area contributed by atoms with Gasteiger partial charge in [-0.25, -0.2) is 13.2 Å². The van der Waals surface area contributed by atoms with Crippen LogP contribution in [-0.4, -0.2) is 35.2 Å². The predicted octanol–water partition coefficient (Wildman–Crippen LogP) is 5.76. The van der Waals surface area contributed by atoms with Gasteiger partial charge in [-0.1, -0.05) is 20.8 Å². The van der Waals surface area contributed by atoms with Crippen molar-refractivity contribution < 1.29 is 40.0 Å². The molecular weight excluding hydrogens is 415 g/mol. The second-order valence-electron chi connectivity index (χ2n) is 6.43. The second kappa shape index (κ2) is 13.1. The minimum Gasteiger partial charge on any atom is -0.487 e. The summed E-state index contributed by atoms with van der Waals surface area (Å²) in [5, 5.41) is 0. The number of ether oxygens (including phenoxy) is 1. The van der Waals surface area contributed by atoms with Gasteiger partial charge in [-0.2, -0.15) is 8.78 Å². The molecule has 0 saturated heterocycles. The van der Waals surface area contributed by atoms with E-state index in [1.807, 2.05) is 20.8 Å². The van der Waals surface area contributed by atoms with Crippen LogP contribution in [-0.2, 0) is 13.3 Å². The van der Waals surface area contributed by atoms with Gasteiger partial charge in [-0.05, 0) is 32.1 Å². The number of rotatable bonds is 15. The van der Waals surface area contributed by atoms with E-state index in [1.54, 1.807) is 0 Å². The predicted molar refractivity (Wildman–Crippen MR) is 100 cm³/mol. The van der Waals surface area contributed by atoms with Crippen LogP contribution in [0.3, 0.4) is 0 Å².